The zero-order chi connectivity index (χ0) is 14.1. The lowest BCUT2D eigenvalue weighted by Crippen LogP contribution is -2.03. The topological polar surface area (TPSA) is 26.3 Å². The first kappa shape index (κ1) is 13.5. The number of halogens is 2. The quantitative estimate of drug-likeness (QED) is 0.761. The molecule has 3 rings (SSSR count). The molecule has 0 saturated heterocycles. The van der Waals surface area contributed by atoms with Crippen LogP contribution in [0.15, 0.2) is 42.5 Å². The van der Waals surface area contributed by atoms with Crippen LogP contribution in [0.5, 0.6) is 5.75 Å². The standard InChI is InChI=1S/C16H12Cl2O2/c17-14-6-2-5-13(15(14)18)16(19)10-3-1-4-12(9-10)20-11-7-8-11/h1-6,9,11H,7-8H2. The van der Waals surface area contributed by atoms with Crippen molar-refractivity contribution in [3.05, 3.63) is 63.6 Å². The van der Waals surface area contributed by atoms with E-state index in [9.17, 15) is 4.79 Å². The first-order chi connectivity index (χ1) is 9.65. The Kier molecular flexibility index (Phi) is 3.68. The van der Waals surface area contributed by atoms with Gasteiger partial charge in [-0.3, -0.25) is 4.79 Å². The van der Waals surface area contributed by atoms with Crippen LogP contribution in [0.3, 0.4) is 0 Å². The maximum Gasteiger partial charge on any atom is 0.194 e. The number of ether oxygens (including phenoxy) is 1. The van der Waals surface area contributed by atoms with Gasteiger partial charge in [-0.1, -0.05) is 41.4 Å². The van der Waals surface area contributed by atoms with Gasteiger partial charge in [0.1, 0.15) is 5.75 Å². The molecule has 0 heterocycles. The van der Waals surface area contributed by atoms with Crippen LogP contribution in [0.4, 0.5) is 0 Å². The average molecular weight is 307 g/mol. The van der Waals surface area contributed by atoms with E-state index in [1.165, 1.54) is 0 Å². The lowest BCUT2D eigenvalue weighted by atomic mass is 10.0. The first-order valence-corrected chi connectivity index (χ1v) is 7.16. The summed E-state index contributed by atoms with van der Waals surface area (Å²) in [5.41, 5.74) is 0.954. The maximum absolute atomic E-state index is 12.5. The van der Waals surface area contributed by atoms with E-state index >= 15 is 0 Å². The molecule has 2 aromatic carbocycles. The van der Waals surface area contributed by atoms with Crippen molar-refractivity contribution in [1.29, 1.82) is 0 Å². The molecule has 0 bridgehead atoms. The molecule has 0 N–H and O–H groups in total. The fourth-order valence-corrected chi connectivity index (χ4v) is 2.31. The molecule has 0 amide bonds. The summed E-state index contributed by atoms with van der Waals surface area (Å²) in [6.07, 6.45) is 2.46. The molecule has 1 aliphatic carbocycles. The van der Waals surface area contributed by atoms with Gasteiger partial charge in [0.25, 0.3) is 0 Å². The van der Waals surface area contributed by atoms with Gasteiger partial charge in [0.2, 0.25) is 0 Å². The average Bonchev–Trinajstić information content (AvgIpc) is 3.25. The lowest BCUT2D eigenvalue weighted by molar-refractivity contribution is 0.103. The smallest absolute Gasteiger partial charge is 0.194 e. The minimum absolute atomic E-state index is 0.154. The monoisotopic (exact) mass is 306 g/mol. The summed E-state index contributed by atoms with van der Waals surface area (Å²) < 4.78 is 5.69. The Bertz CT molecular complexity index is 663. The fraction of sp³-hybridized carbons (Fsp3) is 0.188. The van der Waals surface area contributed by atoms with Crippen LogP contribution in [0.1, 0.15) is 28.8 Å². The van der Waals surface area contributed by atoms with Crippen LogP contribution in [-0.4, -0.2) is 11.9 Å². The van der Waals surface area contributed by atoms with E-state index in [0.29, 0.717) is 22.3 Å². The van der Waals surface area contributed by atoms with Gasteiger partial charge in [0.05, 0.1) is 16.1 Å². The van der Waals surface area contributed by atoms with Gasteiger partial charge in [-0.05, 0) is 37.1 Å². The van der Waals surface area contributed by atoms with Crippen LogP contribution < -0.4 is 4.74 Å². The third kappa shape index (κ3) is 2.82. The highest BCUT2D eigenvalue weighted by Gasteiger charge is 2.24. The van der Waals surface area contributed by atoms with Gasteiger partial charge in [0.15, 0.2) is 5.78 Å². The molecule has 102 valence electrons. The predicted molar refractivity (Wildman–Crippen MR) is 80.0 cm³/mol. The summed E-state index contributed by atoms with van der Waals surface area (Å²) in [6, 6.07) is 12.2. The second kappa shape index (κ2) is 5.47. The van der Waals surface area contributed by atoms with Crippen LogP contribution >= 0.6 is 23.2 Å². The molecular weight excluding hydrogens is 295 g/mol. The van der Waals surface area contributed by atoms with E-state index in [2.05, 4.69) is 0 Å². The summed E-state index contributed by atoms with van der Waals surface area (Å²) in [4.78, 5) is 12.5. The van der Waals surface area contributed by atoms with Crippen molar-refractivity contribution in [2.45, 2.75) is 18.9 Å². The normalized spacial score (nSPS) is 14.1. The Morgan fingerprint density at radius 1 is 1.10 bits per heavy atom. The van der Waals surface area contributed by atoms with E-state index in [1.54, 1.807) is 30.3 Å². The van der Waals surface area contributed by atoms with Crippen molar-refractivity contribution in [3.63, 3.8) is 0 Å². The zero-order valence-electron chi connectivity index (χ0n) is 10.6. The van der Waals surface area contributed by atoms with E-state index in [1.807, 2.05) is 12.1 Å². The highest BCUT2D eigenvalue weighted by atomic mass is 35.5. The van der Waals surface area contributed by atoms with E-state index in [0.717, 1.165) is 18.6 Å². The summed E-state index contributed by atoms with van der Waals surface area (Å²) in [7, 11) is 0. The molecule has 20 heavy (non-hydrogen) atoms. The van der Waals surface area contributed by atoms with Gasteiger partial charge >= 0.3 is 0 Å². The fourth-order valence-electron chi connectivity index (χ4n) is 1.92. The predicted octanol–water partition coefficient (Wildman–Crippen LogP) is 4.77. The van der Waals surface area contributed by atoms with Crippen molar-refractivity contribution in [1.82, 2.24) is 0 Å². The molecule has 0 radical (unpaired) electrons. The van der Waals surface area contributed by atoms with Crippen molar-refractivity contribution in [2.75, 3.05) is 0 Å². The molecule has 1 saturated carbocycles. The number of hydrogen-bond acceptors (Lipinski definition) is 2. The molecule has 0 atom stereocenters. The van der Waals surface area contributed by atoms with Gasteiger partial charge in [-0.25, -0.2) is 0 Å². The summed E-state index contributed by atoms with van der Waals surface area (Å²) in [5.74, 6) is 0.565. The van der Waals surface area contributed by atoms with Gasteiger partial charge in [-0.2, -0.15) is 0 Å². The molecule has 1 aliphatic rings. The molecule has 0 aliphatic heterocycles. The molecular formula is C16H12Cl2O2. The third-order valence-corrected chi connectivity index (χ3v) is 3.94. The summed E-state index contributed by atoms with van der Waals surface area (Å²) in [5, 5.41) is 0.663. The van der Waals surface area contributed by atoms with Crippen LogP contribution in [-0.2, 0) is 0 Å². The summed E-state index contributed by atoms with van der Waals surface area (Å²) >= 11 is 12.0. The second-order valence-corrected chi connectivity index (χ2v) is 5.56. The van der Waals surface area contributed by atoms with Crippen molar-refractivity contribution < 1.29 is 9.53 Å². The summed E-state index contributed by atoms with van der Waals surface area (Å²) in [6.45, 7) is 0. The van der Waals surface area contributed by atoms with Crippen molar-refractivity contribution in [3.8, 4) is 5.75 Å². The Morgan fingerprint density at radius 2 is 1.85 bits per heavy atom. The first-order valence-electron chi connectivity index (χ1n) is 6.40. The van der Waals surface area contributed by atoms with Crippen molar-refractivity contribution >= 4 is 29.0 Å². The lowest BCUT2D eigenvalue weighted by Gasteiger charge is -2.08. The Labute approximate surface area is 127 Å². The Balaban J connectivity index is 1.91. The number of benzene rings is 2. The number of hydrogen-bond donors (Lipinski definition) is 0. The SMILES string of the molecule is O=C(c1cccc(OC2CC2)c1)c1cccc(Cl)c1Cl. The molecule has 0 spiro atoms. The highest BCUT2D eigenvalue weighted by molar-refractivity contribution is 6.44. The molecule has 2 aromatic rings. The Morgan fingerprint density at radius 3 is 2.60 bits per heavy atom. The van der Waals surface area contributed by atoms with E-state index < -0.39 is 0 Å². The number of carbonyl (C=O) groups is 1. The van der Waals surface area contributed by atoms with Crippen LogP contribution in [0, 0.1) is 0 Å². The number of ketones is 1. The van der Waals surface area contributed by atoms with Gasteiger partial charge in [-0.15, -0.1) is 0 Å². The molecule has 0 unspecified atom stereocenters. The van der Waals surface area contributed by atoms with E-state index in [4.69, 9.17) is 27.9 Å². The molecule has 2 nitrogen and oxygen atoms in total. The number of rotatable bonds is 4. The van der Waals surface area contributed by atoms with Gasteiger partial charge in [0, 0.05) is 11.1 Å². The molecule has 1 fully saturated rings. The highest BCUT2D eigenvalue weighted by Crippen LogP contribution is 2.30. The Hall–Kier alpha value is -1.51. The largest absolute Gasteiger partial charge is 0.490 e. The minimum atomic E-state index is -0.154. The maximum atomic E-state index is 12.5. The third-order valence-electron chi connectivity index (χ3n) is 3.12. The molecule has 0 aromatic heterocycles. The minimum Gasteiger partial charge on any atom is -0.490 e. The number of carbonyl (C=O) groups excluding carboxylic acids is 1. The van der Waals surface area contributed by atoms with Crippen LogP contribution in [0.2, 0.25) is 10.0 Å². The molecule has 4 heteroatoms. The van der Waals surface area contributed by atoms with Gasteiger partial charge < -0.3 is 4.74 Å². The zero-order valence-corrected chi connectivity index (χ0v) is 12.1. The second-order valence-electron chi connectivity index (χ2n) is 4.78. The van der Waals surface area contributed by atoms with E-state index in [-0.39, 0.29) is 10.8 Å². The van der Waals surface area contributed by atoms with Crippen molar-refractivity contribution in [2.24, 2.45) is 0 Å². The van der Waals surface area contributed by atoms with Crippen LogP contribution in [0.25, 0.3) is 0 Å².